The zero-order chi connectivity index (χ0) is 7.56. The van der Waals surface area contributed by atoms with Crippen LogP contribution in [0.2, 0.25) is 0 Å². The van der Waals surface area contributed by atoms with Gasteiger partial charge < -0.3 is 4.74 Å². The van der Waals surface area contributed by atoms with Crippen LogP contribution >= 0.6 is 0 Å². The molecule has 2 unspecified atom stereocenters. The van der Waals surface area contributed by atoms with Crippen LogP contribution in [0.4, 0.5) is 0 Å². The van der Waals surface area contributed by atoms with E-state index >= 15 is 0 Å². The SMILES string of the molecule is CC1CC(C(=O)NO)CO1. The van der Waals surface area contributed by atoms with Crippen molar-refractivity contribution in [2.24, 2.45) is 5.92 Å². The molecule has 4 heteroatoms. The van der Waals surface area contributed by atoms with Crippen LogP contribution in [0.25, 0.3) is 0 Å². The quantitative estimate of drug-likeness (QED) is 0.400. The highest BCUT2D eigenvalue weighted by Gasteiger charge is 2.27. The summed E-state index contributed by atoms with van der Waals surface area (Å²) in [5.74, 6) is -0.510. The summed E-state index contributed by atoms with van der Waals surface area (Å²) in [6, 6.07) is 0. The Morgan fingerprint density at radius 1 is 1.80 bits per heavy atom. The molecule has 0 bridgehead atoms. The van der Waals surface area contributed by atoms with Gasteiger partial charge in [0.05, 0.1) is 18.6 Å². The van der Waals surface area contributed by atoms with Crippen molar-refractivity contribution >= 4 is 5.91 Å². The molecule has 2 atom stereocenters. The van der Waals surface area contributed by atoms with Crippen molar-refractivity contribution in [2.45, 2.75) is 19.4 Å². The predicted molar refractivity (Wildman–Crippen MR) is 33.5 cm³/mol. The first-order valence-corrected chi connectivity index (χ1v) is 3.29. The minimum atomic E-state index is -0.343. The van der Waals surface area contributed by atoms with E-state index in [0.29, 0.717) is 13.0 Å². The molecule has 4 nitrogen and oxygen atoms in total. The lowest BCUT2D eigenvalue weighted by atomic mass is 10.1. The first kappa shape index (κ1) is 7.50. The third kappa shape index (κ3) is 1.46. The summed E-state index contributed by atoms with van der Waals surface area (Å²) in [6.45, 7) is 2.33. The Kier molecular flexibility index (Phi) is 2.24. The number of hydrogen-bond acceptors (Lipinski definition) is 3. The van der Waals surface area contributed by atoms with Gasteiger partial charge in [-0.2, -0.15) is 0 Å². The summed E-state index contributed by atoms with van der Waals surface area (Å²) in [6.07, 6.45) is 0.842. The van der Waals surface area contributed by atoms with Gasteiger partial charge in [-0.05, 0) is 13.3 Å². The fourth-order valence-electron chi connectivity index (χ4n) is 1.09. The summed E-state index contributed by atoms with van der Waals surface area (Å²) in [5.41, 5.74) is 1.61. The molecular weight excluding hydrogens is 134 g/mol. The van der Waals surface area contributed by atoms with E-state index < -0.39 is 0 Å². The van der Waals surface area contributed by atoms with Crippen molar-refractivity contribution in [1.29, 1.82) is 0 Å². The molecule has 1 heterocycles. The second kappa shape index (κ2) is 2.98. The first-order chi connectivity index (χ1) is 4.74. The van der Waals surface area contributed by atoms with Gasteiger partial charge in [0.2, 0.25) is 5.91 Å². The average Bonchev–Trinajstić information content (AvgIpc) is 2.34. The second-order valence-electron chi connectivity index (χ2n) is 2.55. The van der Waals surface area contributed by atoms with Gasteiger partial charge in [0, 0.05) is 0 Å². The molecule has 1 rings (SSSR count). The molecule has 1 aliphatic heterocycles. The highest BCUT2D eigenvalue weighted by atomic mass is 16.5. The average molecular weight is 145 g/mol. The van der Waals surface area contributed by atoms with Crippen molar-refractivity contribution in [2.75, 3.05) is 6.61 Å². The lowest BCUT2D eigenvalue weighted by Gasteiger charge is -2.02. The van der Waals surface area contributed by atoms with Crippen molar-refractivity contribution in [3.8, 4) is 0 Å². The molecule has 1 aliphatic rings. The van der Waals surface area contributed by atoms with Crippen LogP contribution in [0, 0.1) is 5.92 Å². The molecule has 2 N–H and O–H groups in total. The normalized spacial score (nSPS) is 32.2. The minimum Gasteiger partial charge on any atom is -0.378 e. The number of hydroxylamine groups is 1. The van der Waals surface area contributed by atoms with Crippen LogP contribution in [-0.2, 0) is 9.53 Å². The van der Waals surface area contributed by atoms with Crippen LogP contribution in [0.5, 0.6) is 0 Å². The van der Waals surface area contributed by atoms with Crippen molar-refractivity contribution in [3.63, 3.8) is 0 Å². The second-order valence-corrected chi connectivity index (χ2v) is 2.55. The third-order valence-electron chi connectivity index (χ3n) is 1.68. The lowest BCUT2D eigenvalue weighted by Crippen LogP contribution is -2.27. The maximum absolute atomic E-state index is 10.7. The van der Waals surface area contributed by atoms with E-state index in [9.17, 15) is 4.79 Å². The Bertz CT molecular complexity index is 137. The minimum absolute atomic E-state index is 0.141. The number of carbonyl (C=O) groups is 1. The summed E-state index contributed by atoms with van der Waals surface area (Å²) in [5, 5.41) is 8.23. The Balaban J connectivity index is 2.37. The fraction of sp³-hybridized carbons (Fsp3) is 0.833. The molecule has 0 spiro atoms. The topological polar surface area (TPSA) is 58.6 Å². The zero-order valence-electron chi connectivity index (χ0n) is 5.83. The largest absolute Gasteiger partial charge is 0.378 e. The third-order valence-corrected chi connectivity index (χ3v) is 1.68. The van der Waals surface area contributed by atoms with Crippen molar-refractivity contribution in [1.82, 2.24) is 5.48 Å². The van der Waals surface area contributed by atoms with Crippen molar-refractivity contribution in [3.05, 3.63) is 0 Å². The van der Waals surface area contributed by atoms with Crippen LogP contribution in [0.15, 0.2) is 0 Å². The molecule has 0 aromatic rings. The summed E-state index contributed by atoms with van der Waals surface area (Å²) in [4.78, 5) is 10.7. The number of ether oxygens (including phenoxy) is 1. The van der Waals surface area contributed by atoms with E-state index in [-0.39, 0.29) is 17.9 Å². The molecule has 0 saturated carbocycles. The van der Waals surface area contributed by atoms with Gasteiger partial charge in [0.25, 0.3) is 0 Å². The lowest BCUT2D eigenvalue weighted by molar-refractivity contribution is -0.133. The van der Waals surface area contributed by atoms with E-state index in [2.05, 4.69) is 0 Å². The molecule has 0 aromatic heterocycles. The summed E-state index contributed by atoms with van der Waals surface area (Å²) in [7, 11) is 0. The summed E-state index contributed by atoms with van der Waals surface area (Å²) < 4.78 is 5.12. The monoisotopic (exact) mass is 145 g/mol. The number of carbonyl (C=O) groups excluding carboxylic acids is 1. The number of amides is 1. The van der Waals surface area contributed by atoms with Gasteiger partial charge in [-0.15, -0.1) is 0 Å². The highest BCUT2D eigenvalue weighted by Crippen LogP contribution is 2.18. The molecule has 1 saturated heterocycles. The Hall–Kier alpha value is -0.610. The summed E-state index contributed by atoms with van der Waals surface area (Å²) >= 11 is 0. The molecule has 58 valence electrons. The molecule has 1 amide bonds. The molecule has 0 aromatic carbocycles. The van der Waals surface area contributed by atoms with Gasteiger partial charge in [0.1, 0.15) is 0 Å². The number of rotatable bonds is 1. The van der Waals surface area contributed by atoms with Gasteiger partial charge in [0.15, 0.2) is 0 Å². The molecule has 0 radical (unpaired) electrons. The number of hydrogen-bond donors (Lipinski definition) is 2. The van der Waals surface area contributed by atoms with Crippen molar-refractivity contribution < 1.29 is 14.7 Å². The van der Waals surface area contributed by atoms with Crippen LogP contribution in [0.1, 0.15) is 13.3 Å². The van der Waals surface area contributed by atoms with E-state index in [1.165, 1.54) is 0 Å². The Labute approximate surface area is 59.1 Å². The molecule has 1 fully saturated rings. The van der Waals surface area contributed by atoms with Gasteiger partial charge in [-0.3, -0.25) is 10.0 Å². The Morgan fingerprint density at radius 2 is 2.50 bits per heavy atom. The zero-order valence-corrected chi connectivity index (χ0v) is 5.83. The first-order valence-electron chi connectivity index (χ1n) is 3.29. The van der Waals surface area contributed by atoms with E-state index in [1.807, 2.05) is 6.92 Å². The van der Waals surface area contributed by atoms with E-state index in [0.717, 1.165) is 0 Å². The number of nitrogens with one attached hydrogen (secondary N) is 1. The molecular formula is C6H11NO3. The van der Waals surface area contributed by atoms with Crippen LogP contribution in [0.3, 0.4) is 0 Å². The van der Waals surface area contributed by atoms with E-state index in [1.54, 1.807) is 5.48 Å². The van der Waals surface area contributed by atoms with Gasteiger partial charge in [-0.25, -0.2) is 5.48 Å². The standard InChI is InChI=1S/C6H11NO3/c1-4-2-5(3-10-4)6(8)7-9/h4-5,9H,2-3H2,1H3,(H,7,8). The van der Waals surface area contributed by atoms with Gasteiger partial charge in [-0.1, -0.05) is 0 Å². The smallest absolute Gasteiger partial charge is 0.248 e. The predicted octanol–water partition coefficient (Wildman–Crippen LogP) is -0.0832. The van der Waals surface area contributed by atoms with Gasteiger partial charge >= 0.3 is 0 Å². The Morgan fingerprint density at radius 3 is 2.90 bits per heavy atom. The van der Waals surface area contributed by atoms with Crippen LogP contribution < -0.4 is 5.48 Å². The molecule has 10 heavy (non-hydrogen) atoms. The molecule has 0 aliphatic carbocycles. The highest BCUT2D eigenvalue weighted by molar-refractivity contribution is 5.77. The maximum atomic E-state index is 10.7. The fourth-order valence-corrected chi connectivity index (χ4v) is 1.09. The maximum Gasteiger partial charge on any atom is 0.248 e. The van der Waals surface area contributed by atoms with E-state index in [4.69, 9.17) is 9.94 Å². The van der Waals surface area contributed by atoms with Crippen LogP contribution in [-0.4, -0.2) is 23.8 Å².